The molecule has 1 fully saturated rings. The number of benzene rings is 1. The normalized spacial score (nSPS) is 19.2. The molecule has 4 heteroatoms. The van der Waals surface area contributed by atoms with Crippen molar-refractivity contribution in [3.63, 3.8) is 0 Å². The maximum absolute atomic E-state index is 12.3. The number of carbonyl (C=O) groups excluding carboxylic acids is 1. The molecule has 1 unspecified atom stereocenters. The van der Waals surface area contributed by atoms with Crippen LogP contribution in [0.5, 0.6) is 0 Å². The summed E-state index contributed by atoms with van der Waals surface area (Å²) < 4.78 is 5.66. The van der Waals surface area contributed by atoms with Crippen LogP contribution in [0.1, 0.15) is 35.2 Å². The number of likely N-dealkylation sites (N-methyl/N-ethyl adjacent to an activating group) is 1. The van der Waals surface area contributed by atoms with E-state index in [1.54, 1.807) is 11.0 Å². The lowest BCUT2D eigenvalue weighted by Crippen LogP contribution is -2.37. The van der Waals surface area contributed by atoms with Gasteiger partial charge in [0.15, 0.2) is 0 Å². The van der Waals surface area contributed by atoms with Crippen molar-refractivity contribution >= 4 is 11.6 Å². The summed E-state index contributed by atoms with van der Waals surface area (Å²) in [5, 5.41) is 0. The van der Waals surface area contributed by atoms with Crippen LogP contribution in [0.4, 0.5) is 5.69 Å². The number of nitrogen functional groups attached to an aromatic ring is 1. The largest absolute Gasteiger partial charge is 0.399 e. The van der Waals surface area contributed by atoms with E-state index in [0.29, 0.717) is 17.8 Å². The highest BCUT2D eigenvalue weighted by Gasteiger charge is 2.19. The van der Waals surface area contributed by atoms with E-state index in [4.69, 9.17) is 10.5 Å². The second-order valence-corrected chi connectivity index (χ2v) is 5.31. The summed E-state index contributed by atoms with van der Waals surface area (Å²) in [6.45, 7) is 3.40. The molecular weight excluding hydrogens is 240 g/mol. The smallest absolute Gasteiger partial charge is 0.253 e. The van der Waals surface area contributed by atoms with Gasteiger partial charge in [0.25, 0.3) is 5.91 Å². The second kappa shape index (κ2) is 6.06. The Morgan fingerprint density at radius 2 is 2.21 bits per heavy atom. The first-order valence-corrected chi connectivity index (χ1v) is 6.80. The average Bonchev–Trinajstić information content (AvgIpc) is 2.37. The van der Waals surface area contributed by atoms with E-state index in [1.165, 1.54) is 6.42 Å². The molecule has 0 radical (unpaired) electrons. The molecule has 4 nitrogen and oxygen atoms in total. The maximum Gasteiger partial charge on any atom is 0.253 e. The lowest BCUT2D eigenvalue weighted by atomic mass is 10.1. The highest BCUT2D eigenvalue weighted by molar-refractivity contribution is 5.95. The molecule has 2 N–H and O–H groups in total. The predicted octanol–water partition coefficient (Wildman–Crippen LogP) is 2.22. The Morgan fingerprint density at radius 1 is 1.42 bits per heavy atom. The number of rotatable bonds is 3. The quantitative estimate of drug-likeness (QED) is 0.850. The lowest BCUT2D eigenvalue weighted by Gasteiger charge is -2.27. The molecule has 2 rings (SSSR count). The van der Waals surface area contributed by atoms with Crippen LogP contribution in [-0.4, -0.2) is 37.1 Å². The summed E-state index contributed by atoms with van der Waals surface area (Å²) >= 11 is 0. The van der Waals surface area contributed by atoms with Gasteiger partial charge in [0.05, 0.1) is 6.10 Å². The fourth-order valence-electron chi connectivity index (χ4n) is 2.50. The number of nitrogens with two attached hydrogens (primary N) is 1. The van der Waals surface area contributed by atoms with E-state index in [1.807, 2.05) is 26.1 Å². The van der Waals surface area contributed by atoms with Crippen LogP contribution >= 0.6 is 0 Å². The number of aryl methyl sites for hydroxylation is 1. The molecule has 1 amide bonds. The summed E-state index contributed by atoms with van der Waals surface area (Å²) in [7, 11) is 1.82. The number of anilines is 1. The molecule has 0 spiro atoms. The lowest BCUT2D eigenvalue weighted by molar-refractivity contribution is -0.000186. The van der Waals surface area contributed by atoms with Crippen molar-refractivity contribution in [2.75, 3.05) is 25.9 Å². The Balaban J connectivity index is 2.01. The Morgan fingerprint density at radius 3 is 2.84 bits per heavy atom. The fourth-order valence-corrected chi connectivity index (χ4v) is 2.50. The number of hydrogen-bond donors (Lipinski definition) is 1. The van der Waals surface area contributed by atoms with Gasteiger partial charge < -0.3 is 15.4 Å². The predicted molar refractivity (Wildman–Crippen MR) is 76.1 cm³/mol. The Labute approximate surface area is 114 Å². The molecule has 1 aromatic rings. The van der Waals surface area contributed by atoms with Crippen molar-refractivity contribution in [3.8, 4) is 0 Å². The van der Waals surface area contributed by atoms with E-state index in [9.17, 15) is 4.79 Å². The van der Waals surface area contributed by atoms with Crippen LogP contribution in [0, 0.1) is 6.92 Å². The molecule has 0 saturated carbocycles. The van der Waals surface area contributed by atoms with E-state index >= 15 is 0 Å². The summed E-state index contributed by atoms with van der Waals surface area (Å²) in [5.41, 5.74) is 8.07. The van der Waals surface area contributed by atoms with Gasteiger partial charge in [-0.2, -0.15) is 0 Å². The highest BCUT2D eigenvalue weighted by atomic mass is 16.5. The van der Waals surface area contributed by atoms with Crippen LogP contribution in [-0.2, 0) is 4.74 Å². The Bertz CT molecular complexity index is 433. The number of hydrogen-bond acceptors (Lipinski definition) is 3. The van der Waals surface area contributed by atoms with Gasteiger partial charge in [0, 0.05) is 31.5 Å². The van der Waals surface area contributed by atoms with Gasteiger partial charge >= 0.3 is 0 Å². The van der Waals surface area contributed by atoms with Gasteiger partial charge in [-0.05, 0) is 49.9 Å². The number of amides is 1. The molecule has 0 aliphatic carbocycles. The molecule has 0 bridgehead atoms. The molecule has 1 saturated heterocycles. The van der Waals surface area contributed by atoms with E-state index in [2.05, 4.69) is 0 Å². The third-order valence-corrected chi connectivity index (χ3v) is 3.44. The molecule has 1 aliphatic heterocycles. The average molecular weight is 262 g/mol. The van der Waals surface area contributed by atoms with Crippen LogP contribution in [0.25, 0.3) is 0 Å². The molecule has 19 heavy (non-hydrogen) atoms. The van der Waals surface area contributed by atoms with Crippen molar-refractivity contribution in [2.45, 2.75) is 32.3 Å². The third kappa shape index (κ3) is 3.70. The second-order valence-electron chi connectivity index (χ2n) is 5.31. The van der Waals surface area contributed by atoms with Gasteiger partial charge in [-0.1, -0.05) is 0 Å². The van der Waals surface area contributed by atoms with Crippen molar-refractivity contribution in [3.05, 3.63) is 29.3 Å². The first-order chi connectivity index (χ1) is 9.06. The summed E-state index contributed by atoms with van der Waals surface area (Å²) in [5.74, 6) is 0.00423. The van der Waals surface area contributed by atoms with Crippen LogP contribution in [0.15, 0.2) is 18.2 Å². The molecule has 1 atom stereocenters. The van der Waals surface area contributed by atoms with Crippen molar-refractivity contribution in [1.82, 2.24) is 4.90 Å². The van der Waals surface area contributed by atoms with Crippen molar-refractivity contribution in [2.24, 2.45) is 0 Å². The topological polar surface area (TPSA) is 55.6 Å². The van der Waals surface area contributed by atoms with Gasteiger partial charge in [0.2, 0.25) is 0 Å². The molecule has 0 aromatic heterocycles. The molecule has 1 aliphatic rings. The summed E-state index contributed by atoms with van der Waals surface area (Å²) in [4.78, 5) is 14.1. The minimum absolute atomic E-state index is 0.00423. The van der Waals surface area contributed by atoms with Crippen molar-refractivity contribution < 1.29 is 9.53 Å². The van der Waals surface area contributed by atoms with E-state index in [0.717, 1.165) is 25.0 Å². The van der Waals surface area contributed by atoms with E-state index < -0.39 is 0 Å². The van der Waals surface area contributed by atoms with Gasteiger partial charge in [0.1, 0.15) is 0 Å². The first kappa shape index (κ1) is 13.9. The zero-order valence-electron chi connectivity index (χ0n) is 11.7. The molecular formula is C15H22N2O2. The van der Waals surface area contributed by atoms with E-state index in [-0.39, 0.29) is 12.0 Å². The molecule has 1 aromatic carbocycles. The zero-order valence-corrected chi connectivity index (χ0v) is 11.7. The van der Waals surface area contributed by atoms with Crippen LogP contribution in [0.3, 0.4) is 0 Å². The van der Waals surface area contributed by atoms with Crippen molar-refractivity contribution in [1.29, 1.82) is 0 Å². The Hall–Kier alpha value is -1.55. The Kier molecular flexibility index (Phi) is 4.43. The van der Waals surface area contributed by atoms with Gasteiger partial charge in [-0.3, -0.25) is 4.79 Å². The fraction of sp³-hybridized carbons (Fsp3) is 0.533. The van der Waals surface area contributed by atoms with Crippen LogP contribution < -0.4 is 5.73 Å². The highest BCUT2D eigenvalue weighted by Crippen LogP contribution is 2.16. The minimum Gasteiger partial charge on any atom is -0.399 e. The summed E-state index contributed by atoms with van der Waals surface area (Å²) in [6, 6.07) is 5.46. The number of carbonyl (C=O) groups is 1. The number of ether oxygens (including phenoxy) is 1. The van der Waals surface area contributed by atoms with Crippen LogP contribution in [0.2, 0.25) is 0 Å². The third-order valence-electron chi connectivity index (χ3n) is 3.44. The monoisotopic (exact) mass is 262 g/mol. The SMILES string of the molecule is Cc1cc(N)cc(C(=O)N(C)CC2CCCCO2)c1. The minimum atomic E-state index is 0.00423. The molecule has 104 valence electrons. The number of nitrogens with zero attached hydrogens (tertiary/aromatic N) is 1. The first-order valence-electron chi connectivity index (χ1n) is 6.80. The maximum atomic E-state index is 12.3. The standard InChI is InChI=1S/C15H22N2O2/c1-11-7-12(9-13(16)8-11)15(18)17(2)10-14-5-3-4-6-19-14/h7-9,14H,3-6,10,16H2,1-2H3. The zero-order chi connectivity index (χ0) is 13.8. The summed E-state index contributed by atoms with van der Waals surface area (Å²) in [6.07, 6.45) is 3.52. The van der Waals surface area contributed by atoms with Gasteiger partial charge in [-0.25, -0.2) is 0 Å². The van der Waals surface area contributed by atoms with Gasteiger partial charge in [-0.15, -0.1) is 0 Å². The molecule has 1 heterocycles.